The van der Waals surface area contributed by atoms with E-state index < -0.39 is 73.8 Å². The summed E-state index contributed by atoms with van der Waals surface area (Å²) in [5, 5.41) is 15.1. The van der Waals surface area contributed by atoms with Crippen LogP contribution in [0, 0.1) is 17.8 Å². The van der Waals surface area contributed by atoms with E-state index in [0.717, 1.165) is 11.8 Å². The molecule has 2 aliphatic carbocycles. The second-order valence-electron chi connectivity index (χ2n) is 17.1. The summed E-state index contributed by atoms with van der Waals surface area (Å²) in [6, 6.07) is 6.91. The molecular formula is C40H55N5O9S. The fraction of sp³-hybridized carbons (Fsp3) is 0.625. The maximum absolute atomic E-state index is 15.2. The van der Waals surface area contributed by atoms with E-state index in [1.54, 1.807) is 33.8 Å². The Hall–Kier alpha value is -4.40. The number of carboxylic acid groups (broad SMARTS) is 1. The molecule has 2 saturated carbocycles. The van der Waals surface area contributed by atoms with Gasteiger partial charge in [-0.1, -0.05) is 50.6 Å². The minimum atomic E-state index is -4.02. The maximum atomic E-state index is 15.2. The number of benzene rings is 1. The Labute approximate surface area is 323 Å². The van der Waals surface area contributed by atoms with Crippen molar-refractivity contribution in [2.45, 2.75) is 127 Å². The first kappa shape index (κ1) is 40.3. The van der Waals surface area contributed by atoms with Gasteiger partial charge >= 0.3 is 6.09 Å². The predicted octanol–water partition coefficient (Wildman–Crippen LogP) is 5.01. The molecule has 300 valence electrons. The SMILES string of the molecule is CC[C@@H]1C[C@@H](C)CC/C=C\[C@@H]2C[C@@]2(C(=O)NS(=O)(=O)C2(C)CC2)NC(=O)[C@@H]2C[C@@H](Oc3nc(OC)cc4ccccc34)CN2C(=O)[C@H]1N(C(=O)O)C(C)(C)C. The second kappa shape index (κ2) is 14.9. The molecule has 3 heterocycles. The number of amides is 4. The van der Waals surface area contributed by atoms with E-state index in [2.05, 4.69) is 21.9 Å². The Morgan fingerprint density at radius 3 is 2.51 bits per heavy atom. The molecular weight excluding hydrogens is 727 g/mol. The summed E-state index contributed by atoms with van der Waals surface area (Å²) in [5.41, 5.74) is -2.53. The first-order chi connectivity index (χ1) is 25.8. The van der Waals surface area contributed by atoms with Crippen LogP contribution in [-0.2, 0) is 24.4 Å². The van der Waals surface area contributed by atoms with Crippen molar-refractivity contribution >= 4 is 44.6 Å². The molecule has 4 amide bonds. The van der Waals surface area contributed by atoms with Crippen LogP contribution >= 0.6 is 0 Å². The van der Waals surface area contributed by atoms with Gasteiger partial charge in [-0.2, -0.15) is 4.98 Å². The number of nitrogens with one attached hydrogen (secondary N) is 2. The average Bonchev–Trinajstić information content (AvgIpc) is 4.00. The molecule has 0 bridgehead atoms. The van der Waals surface area contributed by atoms with E-state index in [1.807, 2.05) is 43.3 Å². The summed E-state index contributed by atoms with van der Waals surface area (Å²) >= 11 is 0. The molecule has 4 aliphatic rings. The second-order valence-corrected chi connectivity index (χ2v) is 19.3. The van der Waals surface area contributed by atoms with Crippen molar-refractivity contribution in [3.05, 3.63) is 42.5 Å². The number of hydrogen-bond acceptors (Lipinski definition) is 9. The molecule has 1 saturated heterocycles. The van der Waals surface area contributed by atoms with Crippen LogP contribution in [-0.4, -0.2) is 99.8 Å². The Bertz CT molecular complexity index is 1980. The molecule has 0 spiro atoms. The molecule has 2 aliphatic heterocycles. The Kier molecular flexibility index (Phi) is 10.9. The van der Waals surface area contributed by atoms with Gasteiger partial charge in [0, 0.05) is 29.3 Å². The number of ether oxygens (including phenoxy) is 2. The lowest BCUT2D eigenvalue weighted by molar-refractivity contribution is -0.146. The number of methoxy groups -OCH3 is 1. The van der Waals surface area contributed by atoms with Crippen LogP contribution < -0.4 is 19.5 Å². The molecule has 0 radical (unpaired) electrons. The van der Waals surface area contributed by atoms with Crippen LogP contribution in [0.4, 0.5) is 4.79 Å². The van der Waals surface area contributed by atoms with Crippen molar-refractivity contribution in [2.75, 3.05) is 13.7 Å². The highest BCUT2D eigenvalue weighted by molar-refractivity contribution is 7.91. The molecule has 6 rings (SSSR count). The van der Waals surface area contributed by atoms with Crippen molar-refractivity contribution < 1.29 is 42.2 Å². The number of allylic oxidation sites excluding steroid dienone is 1. The van der Waals surface area contributed by atoms with Crippen LogP contribution in [0.3, 0.4) is 0 Å². The lowest BCUT2D eigenvalue weighted by Crippen LogP contribution is -2.62. The summed E-state index contributed by atoms with van der Waals surface area (Å²) < 4.78 is 39.6. The number of pyridine rings is 1. The van der Waals surface area contributed by atoms with Crippen LogP contribution in [0.5, 0.6) is 11.8 Å². The standard InChI is InChI=1S/C40H55N5O9S/c1-8-25-19-24(2)13-9-11-15-27-22-40(27,36(48)43-55(51,52)39(6)17-18-39)42-33(46)30-21-28(23-44(30)35(47)32(25)45(37(49)50)38(3,4)5)54-34-29-16-12-10-14-26(29)20-31(41-34)53-7/h10-12,14-16,20,24-25,27-28,30,32H,8-9,13,17-19,21-23H2,1-7H3,(H,42,46)(H,43,48)(H,49,50)/b15-11-/t24-,25+,27+,28+,30-,32-,40+/m0/s1. The number of carbonyl (C=O) groups is 4. The van der Waals surface area contributed by atoms with Gasteiger partial charge in [0.2, 0.25) is 33.6 Å². The van der Waals surface area contributed by atoms with Crippen LogP contribution in [0.15, 0.2) is 42.5 Å². The number of carbonyl (C=O) groups excluding carboxylic acids is 3. The zero-order valence-electron chi connectivity index (χ0n) is 32.8. The molecule has 0 unspecified atom stereocenters. The first-order valence-electron chi connectivity index (χ1n) is 19.3. The van der Waals surface area contributed by atoms with Gasteiger partial charge in [-0.3, -0.25) is 24.0 Å². The molecule has 1 aromatic heterocycles. The number of rotatable bonds is 8. The van der Waals surface area contributed by atoms with Gasteiger partial charge in [-0.05, 0) is 89.5 Å². The van der Waals surface area contributed by atoms with Crippen molar-refractivity contribution in [3.63, 3.8) is 0 Å². The molecule has 1 aromatic carbocycles. The van der Waals surface area contributed by atoms with E-state index in [1.165, 1.54) is 16.9 Å². The fourth-order valence-corrected chi connectivity index (χ4v) is 9.56. The van der Waals surface area contributed by atoms with Crippen molar-refractivity contribution in [1.82, 2.24) is 24.8 Å². The number of sulfonamides is 1. The van der Waals surface area contributed by atoms with Gasteiger partial charge < -0.3 is 24.8 Å². The Morgan fingerprint density at radius 2 is 1.87 bits per heavy atom. The summed E-state index contributed by atoms with van der Waals surface area (Å²) in [5.74, 6) is -2.18. The summed E-state index contributed by atoms with van der Waals surface area (Å²) in [4.78, 5) is 64.0. The molecule has 7 atom stereocenters. The molecule has 3 N–H and O–H groups in total. The van der Waals surface area contributed by atoms with E-state index in [9.17, 15) is 27.9 Å². The van der Waals surface area contributed by atoms with Crippen LogP contribution in [0.25, 0.3) is 10.8 Å². The quantitative estimate of drug-likeness (QED) is 0.308. The summed E-state index contributed by atoms with van der Waals surface area (Å²) in [7, 11) is -2.52. The van der Waals surface area contributed by atoms with Crippen molar-refractivity contribution in [2.24, 2.45) is 17.8 Å². The van der Waals surface area contributed by atoms with Crippen LogP contribution in [0.2, 0.25) is 0 Å². The topological polar surface area (TPSA) is 185 Å². The number of aromatic nitrogens is 1. The summed E-state index contributed by atoms with van der Waals surface area (Å²) in [6.45, 7) is 10.8. The van der Waals surface area contributed by atoms with E-state index in [4.69, 9.17) is 9.47 Å². The maximum Gasteiger partial charge on any atom is 0.408 e. The molecule has 15 heteroatoms. The third-order valence-corrected chi connectivity index (χ3v) is 14.1. The van der Waals surface area contributed by atoms with E-state index >= 15 is 4.79 Å². The van der Waals surface area contributed by atoms with E-state index in [-0.39, 0.29) is 37.1 Å². The van der Waals surface area contributed by atoms with Gasteiger partial charge in [-0.25, -0.2) is 13.2 Å². The molecule has 2 aromatic rings. The Balaban J connectivity index is 1.42. The normalized spacial score (nSPS) is 30.1. The first-order valence-corrected chi connectivity index (χ1v) is 20.8. The summed E-state index contributed by atoms with van der Waals surface area (Å²) in [6.07, 6.45) is 5.32. The van der Waals surface area contributed by atoms with Crippen LogP contribution in [0.1, 0.15) is 92.9 Å². The third-order valence-electron chi connectivity index (χ3n) is 11.9. The van der Waals surface area contributed by atoms with E-state index in [0.29, 0.717) is 43.4 Å². The molecule has 14 nitrogen and oxygen atoms in total. The molecule has 3 fully saturated rings. The highest BCUT2D eigenvalue weighted by Crippen LogP contribution is 2.48. The Morgan fingerprint density at radius 1 is 1.16 bits per heavy atom. The number of nitrogens with zero attached hydrogens (tertiary/aromatic N) is 3. The third kappa shape index (κ3) is 7.99. The van der Waals surface area contributed by atoms with Gasteiger partial charge in [0.15, 0.2) is 0 Å². The average molecular weight is 782 g/mol. The highest BCUT2D eigenvalue weighted by Gasteiger charge is 2.63. The number of hydrogen-bond donors (Lipinski definition) is 3. The predicted molar refractivity (Wildman–Crippen MR) is 206 cm³/mol. The zero-order chi connectivity index (χ0) is 40.1. The van der Waals surface area contributed by atoms with Gasteiger partial charge in [0.1, 0.15) is 23.7 Å². The smallest absolute Gasteiger partial charge is 0.408 e. The van der Waals surface area contributed by atoms with Gasteiger partial charge in [0.25, 0.3) is 5.91 Å². The fourth-order valence-electron chi connectivity index (χ4n) is 8.25. The minimum absolute atomic E-state index is 0.00185. The minimum Gasteiger partial charge on any atom is -0.481 e. The van der Waals surface area contributed by atoms with Crippen molar-refractivity contribution in [1.29, 1.82) is 0 Å². The highest BCUT2D eigenvalue weighted by atomic mass is 32.2. The lowest BCUT2D eigenvalue weighted by Gasteiger charge is -2.44. The van der Waals surface area contributed by atoms with Gasteiger partial charge in [0.05, 0.1) is 18.4 Å². The van der Waals surface area contributed by atoms with Gasteiger partial charge in [-0.15, -0.1) is 0 Å². The molecule has 55 heavy (non-hydrogen) atoms. The van der Waals surface area contributed by atoms with Crippen molar-refractivity contribution in [3.8, 4) is 11.8 Å². The monoisotopic (exact) mass is 781 g/mol. The number of fused-ring (bicyclic) bond motifs is 3. The lowest BCUT2D eigenvalue weighted by atomic mass is 9.82. The zero-order valence-corrected chi connectivity index (χ0v) is 33.6. The largest absolute Gasteiger partial charge is 0.481 e.